The zero-order valence-corrected chi connectivity index (χ0v) is 9.70. The third-order valence-corrected chi connectivity index (χ3v) is 2.88. The monoisotopic (exact) mass is 240 g/mol. The van der Waals surface area contributed by atoms with Gasteiger partial charge in [0.15, 0.2) is 6.10 Å². The summed E-state index contributed by atoms with van der Waals surface area (Å²) in [6.45, 7) is 1.52. The molecular formula is C12H13ClO3. The van der Waals surface area contributed by atoms with Crippen LogP contribution < -0.4 is 4.74 Å². The number of halogens is 1. The predicted molar refractivity (Wildman–Crippen MR) is 61.2 cm³/mol. The van der Waals surface area contributed by atoms with Crippen molar-refractivity contribution in [3.8, 4) is 5.75 Å². The first-order valence-corrected chi connectivity index (χ1v) is 5.64. The summed E-state index contributed by atoms with van der Waals surface area (Å²) >= 11 is 5.92. The van der Waals surface area contributed by atoms with Gasteiger partial charge in [0.2, 0.25) is 0 Å². The first kappa shape index (κ1) is 11.3. The molecule has 1 atom stereocenters. The summed E-state index contributed by atoms with van der Waals surface area (Å²) in [5.41, 5.74) is 1.03. The van der Waals surface area contributed by atoms with Crippen molar-refractivity contribution in [2.24, 2.45) is 0 Å². The summed E-state index contributed by atoms with van der Waals surface area (Å²) in [5.74, 6) is 0.160. The molecule has 0 amide bonds. The summed E-state index contributed by atoms with van der Waals surface area (Å²) in [4.78, 5) is 10.7. The van der Waals surface area contributed by atoms with Crippen LogP contribution in [0, 0.1) is 0 Å². The maximum absolute atomic E-state index is 10.7. The standard InChI is InChI=1S/C12H13ClO3/c1-7(12(14)15)16-11-5-4-9(13)6-10(11)8-2-3-8/h4-8H,2-3H2,1H3,(H,14,15)/t7-/m0/s1. The lowest BCUT2D eigenvalue weighted by Crippen LogP contribution is -2.23. The average Bonchev–Trinajstić information content (AvgIpc) is 3.04. The number of ether oxygens (including phenoxy) is 1. The van der Waals surface area contributed by atoms with Crippen LogP contribution in [0.5, 0.6) is 5.75 Å². The van der Waals surface area contributed by atoms with Gasteiger partial charge >= 0.3 is 5.97 Å². The van der Waals surface area contributed by atoms with Gasteiger partial charge in [-0.05, 0) is 49.4 Å². The number of carboxylic acid groups (broad SMARTS) is 1. The molecule has 1 aliphatic rings. The molecule has 1 aromatic carbocycles. The van der Waals surface area contributed by atoms with E-state index in [4.69, 9.17) is 21.4 Å². The fourth-order valence-corrected chi connectivity index (χ4v) is 1.76. The Hall–Kier alpha value is -1.22. The third kappa shape index (κ3) is 2.47. The van der Waals surface area contributed by atoms with Crippen molar-refractivity contribution in [2.75, 3.05) is 0 Å². The molecule has 0 heterocycles. The molecule has 1 N–H and O–H groups in total. The van der Waals surface area contributed by atoms with Crippen LogP contribution in [-0.4, -0.2) is 17.2 Å². The Morgan fingerprint density at radius 3 is 2.81 bits per heavy atom. The molecule has 0 unspecified atom stereocenters. The fourth-order valence-electron chi connectivity index (χ4n) is 1.58. The lowest BCUT2D eigenvalue weighted by atomic mass is 10.1. The van der Waals surface area contributed by atoms with E-state index >= 15 is 0 Å². The molecule has 86 valence electrons. The lowest BCUT2D eigenvalue weighted by molar-refractivity contribution is -0.144. The minimum Gasteiger partial charge on any atom is -0.479 e. The van der Waals surface area contributed by atoms with E-state index in [1.807, 2.05) is 6.07 Å². The second-order valence-corrected chi connectivity index (χ2v) is 4.49. The van der Waals surface area contributed by atoms with E-state index in [-0.39, 0.29) is 0 Å². The van der Waals surface area contributed by atoms with E-state index in [0.29, 0.717) is 16.7 Å². The number of carboxylic acids is 1. The molecule has 0 aromatic heterocycles. The van der Waals surface area contributed by atoms with E-state index in [1.165, 1.54) is 6.92 Å². The van der Waals surface area contributed by atoms with Crippen molar-refractivity contribution in [1.29, 1.82) is 0 Å². The number of carbonyl (C=O) groups is 1. The highest BCUT2D eigenvalue weighted by Gasteiger charge is 2.28. The van der Waals surface area contributed by atoms with Crippen LogP contribution in [0.15, 0.2) is 18.2 Å². The third-order valence-electron chi connectivity index (χ3n) is 2.64. The summed E-state index contributed by atoms with van der Waals surface area (Å²) in [5, 5.41) is 9.46. The molecule has 0 saturated heterocycles. The van der Waals surface area contributed by atoms with Gasteiger partial charge in [-0.1, -0.05) is 11.6 Å². The molecule has 16 heavy (non-hydrogen) atoms. The highest BCUT2D eigenvalue weighted by atomic mass is 35.5. The Labute approximate surface area is 99.0 Å². The molecule has 1 fully saturated rings. The smallest absolute Gasteiger partial charge is 0.344 e. The molecule has 0 radical (unpaired) electrons. The van der Waals surface area contributed by atoms with Crippen LogP contribution >= 0.6 is 11.6 Å². The Balaban J connectivity index is 2.22. The Morgan fingerprint density at radius 2 is 2.25 bits per heavy atom. The van der Waals surface area contributed by atoms with Gasteiger partial charge in [0.1, 0.15) is 5.75 Å². The predicted octanol–water partition coefficient (Wildman–Crippen LogP) is 3.07. The first-order chi connectivity index (χ1) is 7.58. The van der Waals surface area contributed by atoms with Crippen LogP contribution in [0.2, 0.25) is 5.02 Å². The zero-order valence-electron chi connectivity index (χ0n) is 8.94. The lowest BCUT2D eigenvalue weighted by Gasteiger charge is -2.14. The second kappa shape index (κ2) is 4.34. The van der Waals surface area contributed by atoms with E-state index in [2.05, 4.69) is 0 Å². The molecule has 0 aliphatic heterocycles. The Kier molecular flexibility index (Phi) is 3.06. The minimum atomic E-state index is -0.961. The summed E-state index contributed by atoms with van der Waals surface area (Å²) in [6, 6.07) is 5.33. The maximum atomic E-state index is 10.7. The van der Waals surface area contributed by atoms with Gasteiger partial charge in [-0.25, -0.2) is 4.79 Å². The zero-order chi connectivity index (χ0) is 11.7. The van der Waals surface area contributed by atoms with E-state index in [9.17, 15) is 4.79 Å². The molecule has 1 saturated carbocycles. The molecular weight excluding hydrogens is 228 g/mol. The topological polar surface area (TPSA) is 46.5 Å². The number of benzene rings is 1. The van der Waals surface area contributed by atoms with Gasteiger partial charge in [-0.3, -0.25) is 0 Å². The van der Waals surface area contributed by atoms with Crippen LogP contribution in [-0.2, 0) is 4.79 Å². The SMILES string of the molecule is C[C@H](Oc1ccc(Cl)cc1C1CC1)C(=O)O. The van der Waals surface area contributed by atoms with Crippen molar-refractivity contribution in [1.82, 2.24) is 0 Å². The maximum Gasteiger partial charge on any atom is 0.344 e. The van der Waals surface area contributed by atoms with E-state index in [0.717, 1.165) is 18.4 Å². The highest BCUT2D eigenvalue weighted by Crippen LogP contribution is 2.45. The second-order valence-electron chi connectivity index (χ2n) is 4.05. The summed E-state index contributed by atoms with van der Waals surface area (Å²) < 4.78 is 5.41. The molecule has 2 rings (SSSR count). The number of hydrogen-bond donors (Lipinski definition) is 1. The minimum absolute atomic E-state index is 0.481. The van der Waals surface area contributed by atoms with Crippen LogP contribution in [0.4, 0.5) is 0 Å². The summed E-state index contributed by atoms with van der Waals surface area (Å²) in [6.07, 6.45) is 1.41. The first-order valence-electron chi connectivity index (χ1n) is 5.27. The Bertz CT molecular complexity index is 413. The average molecular weight is 241 g/mol. The van der Waals surface area contributed by atoms with Crippen molar-refractivity contribution < 1.29 is 14.6 Å². The molecule has 3 nitrogen and oxygen atoms in total. The normalized spacial score (nSPS) is 16.9. The largest absolute Gasteiger partial charge is 0.479 e. The molecule has 0 spiro atoms. The van der Waals surface area contributed by atoms with Crippen molar-refractivity contribution in [3.05, 3.63) is 28.8 Å². The van der Waals surface area contributed by atoms with E-state index < -0.39 is 12.1 Å². The van der Waals surface area contributed by atoms with Gasteiger partial charge in [-0.2, -0.15) is 0 Å². The highest BCUT2D eigenvalue weighted by molar-refractivity contribution is 6.30. The van der Waals surface area contributed by atoms with Crippen molar-refractivity contribution >= 4 is 17.6 Å². The number of rotatable bonds is 4. The van der Waals surface area contributed by atoms with Crippen LogP contribution in [0.1, 0.15) is 31.2 Å². The quantitative estimate of drug-likeness (QED) is 0.880. The van der Waals surface area contributed by atoms with Crippen molar-refractivity contribution in [3.63, 3.8) is 0 Å². The molecule has 0 bridgehead atoms. The van der Waals surface area contributed by atoms with Crippen LogP contribution in [0.3, 0.4) is 0 Å². The van der Waals surface area contributed by atoms with Gasteiger partial charge in [0.05, 0.1) is 0 Å². The van der Waals surface area contributed by atoms with Crippen molar-refractivity contribution in [2.45, 2.75) is 31.8 Å². The fraction of sp³-hybridized carbons (Fsp3) is 0.417. The van der Waals surface area contributed by atoms with Gasteiger partial charge in [-0.15, -0.1) is 0 Å². The summed E-state index contributed by atoms with van der Waals surface area (Å²) in [7, 11) is 0. The Morgan fingerprint density at radius 1 is 1.56 bits per heavy atom. The van der Waals surface area contributed by atoms with Gasteiger partial charge in [0.25, 0.3) is 0 Å². The van der Waals surface area contributed by atoms with E-state index in [1.54, 1.807) is 12.1 Å². The molecule has 1 aliphatic carbocycles. The van der Waals surface area contributed by atoms with Crippen LogP contribution in [0.25, 0.3) is 0 Å². The number of aliphatic carboxylic acids is 1. The van der Waals surface area contributed by atoms with Gasteiger partial charge in [0, 0.05) is 5.02 Å². The molecule has 1 aromatic rings. The number of hydrogen-bond acceptors (Lipinski definition) is 2. The molecule has 4 heteroatoms. The van der Waals surface area contributed by atoms with Gasteiger partial charge < -0.3 is 9.84 Å².